The van der Waals surface area contributed by atoms with Crippen molar-refractivity contribution in [2.24, 2.45) is 5.41 Å². The summed E-state index contributed by atoms with van der Waals surface area (Å²) < 4.78 is 5.57. The lowest BCUT2D eigenvalue weighted by Gasteiger charge is -2.39. The topological polar surface area (TPSA) is 71.1 Å². The third-order valence-electron chi connectivity index (χ3n) is 5.12. The number of carbonyl (C=O) groups is 1. The Balaban J connectivity index is 1.39. The average molecular weight is 326 g/mol. The van der Waals surface area contributed by atoms with E-state index in [2.05, 4.69) is 15.2 Å². The lowest BCUT2D eigenvalue weighted by molar-refractivity contribution is -0.137. The van der Waals surface area contributed by atoms with Crippen LogP contribution in [0.25, 0.3) is 11.4 Å². The van der Waals surface area contributed by atoms with Crippen molar-refractivity contribution in [3.05, 3.63) is 36.2 Å². The maximum Gasteiger partial charge on any atom is 0.222 e. The summed E-state index contributed by atoms with van der Waals surface area (Å²) in [6.07, 6.45) is 3.36. The van der Waals surface area contributed by atoms with Gasteiger partial charge < -0.3 is 9.64 Å². The SMILES string of the molecule is O=C1CCC2(CCOC2)CN1CCc1nc(-c2ccccc2)n[nH]1. The van der Waals surface area contributed by atoms with Gasteiger partial charge in [0.05, 0.1) is 6.61 Å². The van der Waals surface area contributed by atoms with Gasteiger partial charge in [-0.05, 0) is 12.8 Å². The molecule has 1 spiro atoms. The summed E-state index contributed by atoms with van der Waals surface area (Å²) in [4.78, 5) is 18.7. The first-order chi connectivity index (χ1) is 11.7. The van der Waals surface area contributed by atoms with Crippen LogP contribution in [-0.4, -0.2) is 52.3 Å². The predicted octanol–water partition coefficient (Wildman–Crippen LogP) is 2.04. The highest BCUT2D eigenvalue weighted by Gasteiger charge is 2.41. The summed E-state index contributed by atoms with van der Waals surface area (Å²) in [5.74, 6) is 1.77. The molecule has 2 saturated heterocycles. The molecule has 1 atom stereocenters. The van der Waals surface area contributed by atoms with Crippen molar-refractivity contribution in [2.45, 2.75) is 25.7 Å². The zero-order valence-electron chi connectivity index (χ0n) is 13.7. The third kappa shape index (κ3) is 3.06. The van der Waals surface area contributed by atoms with Gasteiger partial charge in [-0.3, -0.25) is 9.89 Å². The zero-order valence-corrected chi connectivity index (χ0v) is 13.7. The predicted molar refractivity (Wildman–Crippen MR) is 89.2 cm³/mol. The number of amides is 1. The molecule has 1 aromatic heterocycles. The Morgan fingerprint density at radius 1 is 1.25 bits per heavy atom. The van der Waals surface area contributed by atoms with Gasteiger partial charge >= 0.3 is 0 Å². The minimum Gasteiger partial charge on any atom is -0.381 e. The zero-order chi connectivity index (χ0) is 16.4. The number of H-pyrrole nitrogens is 1. The molecule has 2 aliphatic heterocycles. The molecule has 1 amide bonds. The van der Waals surface area contributed by atoms with Gasteiger partial charge in [0.2, 0.25) is 5.91 Å². The van der Waals surface area contributed by atoms with E-state index in [-0.39, 0.29) is 11.3 Å². The van der Waals surface area contributed by atoms with Gasteiger partial charge in [0.1, 0.15) is 5.82 Å². The number of carbonyl (C=O) groups excluding carboxylic acids is 1. The van der Waals surface area contributed by atoms with E-state index in [1.54, 1.807) is 0 Å². The molecule has 6 nitrogen and oxygen atoms in total. The Morgan fingerprint density at radius 3 is 2.92 bits per heavy atom. The monoisotopic (exact) mass is 326 g/mol. The first kappa shape index (κ1) is 15.3. The largest absolute Gasteiger partial charge is 0.381 e. The number of nitrogens with one attached hydrogen (secondary N) is 1. The number of hydrogen-bond donors (Lipinski definition) is 1. The summed E-state index contributed by atoms with van der Waals surface area (Å²) in [7, 11) is 0. The van der Waals surface area contributed by atoms with E-state index in [0.717, 1.165) is 44.0 Å². The van der Waals surface area contributed by atoms with Gasteiger partial charge in [0, 0.05) is 43.5 Å². The minimum absolute atomic E-state index is 0.185. The highest BCUT2D eigenvalue weighted by atomic mass is 16.5. The van der Waals surface area contributed by atoms with Crippen LogP contribution in [0.2, 0.25) is 0 Å². The van der Waals surface area contributed by atoms with Crippen LogP contribution in [0.1, 0.15) is 25.1 Å². The fraction of sp³-hybridized carbons (Fsp3) is 0.500. The number of nitrogens with zero attached hydrogens (tertiary/aromatic N) is 3. The van der Waals surface area contributed by atoms with Crippen molar-refractivity contribution in [1.29, 1.82) is 0 Å². The van der Waals surface area contributed by atoms with Crippen molar-refractivity contribution in [3.63, 3.8) is 0 Å². The highest BCUT2D eigenvalue weighted by molar-refractivity contribution is 5.77. The molecule has 24 heavy (non-hydrogen) atoms. The van der Waals surface area contributed by atoms with Gasteiger partial charge in [0.25, 0.3) is 0 Å². The number of ether oxygens (including phenoxy) is 1. The Kier molecular flexibility index (Phi) is 4.06. The minimum atomic E-state index is 0.185. The number of likely N-dealkylation sites (tertiary alicyclic amines) is 1. The molecule has 0 radical (unpaired) electrons. The molecule has 0 bridgehead atoms. The van der Waals surface area contributed by atoms with E-state index in [1.807, 2.05) is 35.2 Å². The first-order valence-corrected chi connectivity index (χ1v) is 8.56. The van der Waals surface area contributed by atoms with Crippen LogP contribution in [0, 0.1) is 5.41 Å². The van der Waals surface area contributed by atoms with Gasteiger partial charge in [0.15, 0.2) is 5.82 Å². The standard InChI is InChI=1S/C18H22N4O2/c23-16-6-8-18(9-11-24-13-18)12-22(16)10-7-15-19-17(21-20-15)14-4-2-1-3-5-14/h1-5H,6-13H2,(H,19,20,21). The summed E-state index contributed by atoms with van der Waals surface area (Å²) in [5, 5.41) is 7.28. The lowest BCUT2D eigenvalue weighted by Crippen LogP contribution is -2.47. The summed E-state index contributed by atoms with van der Waals surface area (Å²) in [6.45, 7) is 3.11. The number of hydrogen-bond acceptors (Lipinski definition) is 4. The molecule has 1 unspecified atom stereocenters. The molecular weight excluding hydrogens is 304 g/mol. The molecule has 0 aliphatic carbocycles. The molecule has 4 rings (SSSR count). The number of piperidine rings is 1. The molecule has 3 heterocycles. The normalized spacial score (nSPS) is 24.0. The summed E-state index contributed by atoms with van der Waals surface area (Å²) in [6, 6.07) is 9.90. The van der Waals surface area contributed by atoms with Crippen molar-refractivity contribution >= 4 is 5.91 Å². The fourth-order valence-corrected chi connectivity index (χ4v) is 3.64. The second kappa shape index (κ2) is 6.36. The Hall–Kier alpha value is -2.21. The van der Waals surface area contributed by atoms with E-state index in [1.165, 1.54) is 0 Å². The van der Waals surface area contributed by atoms with E-state index in [0.29, 0.717) is 25.2 Å². The van der Waals surface area contributed by atoms with Crippen LogP contribution < -0.4 is 0 Å². The molecule has 2 aromatic rings. The van der Waals surface area contributed by atoms with Gasteiger partial charge in [-0.2, -0.15) is 5.10 Å². The Bertz CT molecular complexity index is 707. The molecular formula is C18H22N4O2. The molecule has 1 aromatic carbocycles. The second-order valence-corrected chi connectivity index (χ2v) is 6.84. The molecule has 2 fully saturated rings. The maximum absolute atomic E-state index is 12.2. The molecule has 2 aliphatic rings. The molecule has 126 valence electrons. The fourth-order valence-electron chi connectivity index (χ4n) is 3.64. The molecule has 6 heteroatoms. The Labute approximate surface area is 141 Å². The van der Waals surface area contributed by atoms with Crippen LogP contribution in [0.4, 0.5) is 0 Å². The van der Waals surface area contributed by atoms with Crippen LogP contribution in [-0.2, 0) is 16.0 Å². The summed E-state index contributed by atoms with van der Waals surface area (Å²) in [5.41, 5.74) is 1.18. The van der Waals surface area contributed by atoms with Crippen molar-refractivity contribution in [3.8, 4) is 11.4 Å². The van der Waals surface area contributed by atoms with Crippen LogP contribution in [0.3, 0.4) is 0 Å². The first-order valence-electron chi connectivity index (χ1n) is 8.56. The second-order valence-electron chi connectivity index (χ2n) is 6.84. The van der Waals surface area contributed by atoms with Crippen molar-refractivity contribution in [1.82, 2.24) is 20.1 Å². The number of rotatable bonds is 4. The third-order valence-corrected chi connectivity index (χ3v) is 5.12. The Morgan fingerprint density at radius 2 is 2.12 bits per heavy atom. The van der Waals surface area contributed by atoms with E-state index >= 15 is 0 Å². The lowest BCUT2D eigenvalue weighted by atomic mass is 9.79. The van der Waals surface area contributed by atoms with E-state index in [4.69, 9.17) is 4.74 Å². The number of aromatic nitrogens is 3. The van der Waals surface area contributed by atoms with Crippen LogP contribution in [0.5, 0.6) is 0 Å². The van der Waals surface area contributed by atoms with Gasteiger partial charge in [-0.15, -0.1) is 0 Å². The number of benzene rings is 1. The van der Waals surface area contributed by atoms with Gasteiger partial charge in [-0.1, -0.05) is 30.3 Å². The van der Waals surface area contributed by atoms with Crippen LogP contribution in [0.15, 0.2) is 30.3 Å². The summed E-state index contributed by atoms with van der Waals surface area (Å²) >= 11 is 0. The van der Waals surface area contributed by atoms with Crippen molar-refractivity contribution in [2.75, 3.05) is 26.3 Å². The highest BCUT2D eigenvalue weighted by Crippen LogP contribution is 2.38. The van der Waals surface area contributed by atoms with Crippen LogP contribution >= 0.6 is 0 Å². The molecule has 1 N–H and O–H groups in total. The average Bonchev–Trinajstić information content (AvgIpc) is 3.27. The van der Waals surface area contributed by atoms with Crippen molar-refractivity contribution < 1.29 is 9.53 Å². The quantitative estimate of drug-likeness (QED) is 0.933. The number of aromatic amines is 1. The molecule has 0 saturated carbocycles. The van der Waals surface area contributed by atoms with E-state index < -0.39 is 0 Å². The van der Waals surface area contributed by atoms with E-state index in [9.17, 15) is 4.79 Å². The smallest absolute Gasteiger partial charge is 0.222 e. The maximum atomic E-state index is 12.2. The van der Waals surface area contributed by atoms with Gasteiger partial charge in [-0.25, -0.2) is 4.98 Å².